The van der Waals surface area contributed by atoms with Gasteiger partial charge in [-0.3, -0.25) is 4.98 Å². The van der Waals surface area contributed by atoms with Crippen LogP contribution in [0.15, 0.2) is 36.5 Å². The minimum absolute atomic E-state index is 0.152. The summed E-state index contributed by atoms with van der Waals surface area (Å²) in [5.74, 6) is 0.152. The molecule has 1 radical (unpaired) electrons. The molecular weight excluding hydrogens is 296 g/mol. The van der Waals surface area contributed by atoms with Gasteiger partial charge in [0.05, 0.1) is 27.3 Å². The van der Waals surface area contributed by atoms with Crippen LogP contribution >= 0.6 is 11.6 Å². The molecule has 113 valence electrons. The van der Waals surface area contributed by atoms with Crippen LogP contribution in [0.4, 0.5) is 0 Å². The molecule has 0 amide bonds. The second kappa shape index (κ2) is 6.01. The fourth-order valence-corrected chi connectivity index (χ4v) is 3.09. The molecule has 1 N–H and O–H groups in total. The summed E-state index contributed by atoms with van der Waals surface area (Å²) in [6.07, 6.45) is 3.08. The quantitative estimate of drug-likeness (QED) is 0.776. The predicted molar refractivity (Wildman–Crippen MR) is 90.4 cm³/mol. The van der Waals surface area contributed by atoms with Gasteiger partial charge in [-0.15, -0.1) is 0 Å². The molecule has 0 aliphatic rings. The lowest BCUT2D eigenvalue weighted by molar-refractivity contribution is 0.472. The van der Waals surface area contributed by atoms with Crippen molar-refractivity contribution in [1.82, 2.24) is 9.55 Å². The molecule has 0 saturated carbocycles. The molecule has 3 aromatic rings. The van der Waals surface area contributed by atoms with Gasteiger partial charge in [-0.1, -0.05) is 48.9 Å². The molecular formula is C18H18ClN2O. The topological polar surface area (TPSA) is 38.0 Å². The van der Waals surface area contributed by atoms with Crippen LogP contribution < -0.4 is 0 Å². The number of hydrogen-bond donors (Lipinski definition) is 1. The van der Waals surface area contributed by atoms with E-state index in [0.717, 1.165) is 17.6 Å². The van der Waals surface area contributed by atoms with Crippen LogP contribution in [-0.2, 0) is 19.4 Å². The van der Waals surface area contributed by atoms with Gasteiger partial charge in [0.1, 0.15) is 5.75 Å². The SMILES string of the molecule is [CH2]Cc1nc(CC)c2c(c(Cl)cn2Cc2ccccc2)c1O. The van der Waals surface area contributed by atoms with Gasteiger partial charge >= 0.3 is 0 Å². The van der Waals surface area contributed by atoms with Gasteiger partial charge in [0, 0.05) is 12.7 Å². The van der Waals surface area contributed by atoms with Gasteiger partial charge in [0.15, 0.2) is 0 Å². The first-order valence-electron chi connectivity index (χ1n) is 7.37. The highest BCUT2D eigenvalue weighted by Crippen LogP contribution is 2.37. The van der Waals surface area contributed by atoms with E-state index < -0.39 is 0 Å². The number of halogens is 1. The number of fused-ring (bicyclic) bond motifs is 1. The van der Waals surface area contributed by atoms with E-state index in [1.807, 2.05) is 24.4 Å². The monoisotopic (exact) mass is 313 g/mol. The number of nitrogens with zero attached hydrogens (tertiary/aromatic N) is 2. The Labute approximate surface area is 135 Å². The van der Waals surface area contributed by atoms with Crippen molar-refractivity contribution in [3.8, 4) is 5.75 Å². The molecule has 0 aliphatic heterocycles. The molecule has 0 aliphatic carbocycles. The molecule has 0 bridgehead atoms. The summed E-state index contributed by atoms with van der Waals surface area (Å²) >= 11 is 6.38. The van der Waals surface area contributed by atoms with Crippen molar-refractivity contribution >= 4 is 22.5 Å². The van der Waals surface area contributed by atoms with Crippen molar-refractivity contribution in [3.05, 3.63) is 65.4 Å². The highest BCUT2D eigenvalue weighted by molar-refractivity contribution is 6.36. The van der Waals surface area contributed by atoms with Crippen LogP contribution in [0.1, 0.15) is 23.9 Å². The van der Waals surface area contributed by atoms with Crippen LogP contribution in [0, 0.1) is 6.92 Å². The number of pyridine rings is 1. The van der Waals surface area contributed by atoms with E-state index in [1.54, 1.807) is 0 Å². The number of aryl methyl sites for hydroxylation is 1. The lowest BCUT2D eigenvalue weighted by Crippen LogP contribution is -2.03. The highest BCUT2D eigenvalue weighted by Gasteiger charge is 2.18. The Kier molecular flexibility index (Phi) is 4.08. The van der Waals surface area contributed by atoms with Gasteiger partial charge in [-0.2, -0.15) is 0 Å². The normalized spacial score (nSPS) is 11.2. The summed E-state index contributed by atoms with van der Waals surface area (Å²) in [6.45, 7) is 6.58. The molecule has 0 unspecified atom stereocenters. The van der Waals surface area contributed by atoms with E-state index in [1.165, 1.54) is 5.56 Å². The minimum Gasteiger partial charge on any atom is -0.505 e. The van der Waals surface area contributed by atoms with Gasteiger partial charge < -0.3 is 9.67 Å². The average molecular weight is 314 g/mol. The summed E-state index contributed by atoms with van der Waals surface area (Å²) in [5.41, 5.74) is 3.63. The molecule has 0 spiro atoms. The zero-order valence-electron chi connectivity index (χ0n) is 12.5. The Morgan fingerprint density at radius 3 is 2.59 bits per heavy atom. The number of benzene rings is 1. The fraction of sp³-hybridized carbons (Fsp3) is 0.222. The molecule has 2 heterocycles. The molecule has 3 rings (SSSR count). The summed E-state index contributed by atoms with van der Waals surface area (Å²) < 4.78 is 2.06. The van der Waals surface area contributed by atoms with E-state index in [9.17, 15) is 5.11 Å². The Bertz CT molecular complexity index is 809. The molecule has 0 saturated heterocycles. The first-order valence-corrected chi connectivity index (χ1v) is 7.75. The highest BCUT2D eigenvalue weighted by atomic mass is 35.5. The lowest BCUT2D eigenvalue weighted by atomic mass is 10.1. The Hall–Kier alpha value is -2.00. The van der Waals surface area contributed by atoms with Gasteiger partial charge in [-0.25, -0.2) is 0 Å². The first-order chi connectivity index (χ1) is 10.7. The number of rotatable bonds is 4. The second-order valence-corrected chi connectivity index (χ2v) is 5.68. The molecule has 0 atom stereocenters. The van der Waals surface area contributed by atoms with Crippen molar-refractivity contribution < 1.29 is 5.11 Å². The third-order valence-corrected chi connectivity index (χ3v) is 4.14. The third kappa shape index (κ3) is 2.46. The zero-order chi connectivity index (χ0) is 15.7. The summed E-state index contributed by atoms with van der Waals surface area (Å²) in [6, 6.07) is 10.2. The molecule has 0 fully saturated rings. The first kappa shape index (κ1) is 14.9. The van der Waals surface area contributed by atoms with Gasteiger partial charge in [0.25, 0.3) is 0 Å². The standard InChI is InChI=1S/C18H18ClN2O/c1-3-14-17-16(18(22)15(4-2)20-14)13(19)11-21(17)10-12-8-6-5-7-9-12/h5-9,11,22H,2-4,10H2,1H3. The van der Waals surface area contributed by atoms with Gasteiger partial charge in [-0.05, 0) is 25.3 Å². The van der Waals surface area contributed by atoms with E-state index in [0.29, 0.717) is 29.1 Å². The Morgan fingerprint density at radius 1 is 1.23 bits per heavy atom. The van der Waals surface area contributed by atoms with Crippen LogP contribution in [0.25, 0.3) is 10.9 Å². The van der Waals surface area contributed by atoms with E-state index in [4.69, 9.17) is 11.6 Å². The minimum atomic E-state index is 0.152. The largest absolute Gasteiger partial charge is 0.505 e. The number of aromatic nitrogens is 2. The van der Waals surface area contributed by atoms with Crippen LogP contribution in [0.5, 0.6) is 5.75 Å². The second-order valence-electron chi connectivity index (χ2n) is 5.27. The summed E-state index contributed by atoms with van der Waals surface area (Å²) in [7, 11) is 0. The van der Waals surface area contributed by atoms with Crippen molar-refractivity contribution in [2.75, 3.05) is 0 Å². The molecule has 4 heteroatoms. The third-order valence-electron chi connectivity index (χ3n) is 3.85. The van der Waals surface area contributed by atoms with E-state index >= 15 is 0 Å². The number of hydrogen-bond acceptors (Lipinski definition) is 2. The van der Waals surface area contributed by atoms with Crippen molar-refractivity contribution in [1.29, 1.82) is 0 Å². The Morgan fingerprint density at radius 2 is 1.95 bits per heavy atom. The molecule has 3 nitrogen and oxygen atoms in total. The summed E-state index contributed by atoms with van der Waals surface area (Å²) in [5, 5.41) is 11.7. The van der Waals surface area contributed by atoms with E-state index in [-0.39, 0.29) is 5.75 Å². The maximum absolute atomic E-state index is 10.4. The summed E-state index contributed by atoms with van der Waals surface area (Å²) in [4.78, 5) is 4.56. The number of aromatic hydroxyl groups is 1. The fourth-order valence-electron chi connectivity index (χ4n) is 2.80. The average Bonchev–Trinajstić information content (AvgIpc) is 2.86. The van der Waals surface area contributed by atoms with Crippen LogP contribution in [0.3, 0.4) is 0 Å². The molecule has 1 aromatic carbocycles. The lowest BCUT2D eigenvalue weighted by Gasteiger charge is -2.11. The van der Waals surface area contributed by atoms with Crippen molar-refractivity contribution in [3.63, 3.8) is 0 Å². The van der Waals surface area contributed by atoms with Crippen LogP contribution in [0.2, 0.25) is 5.02 Å². The van der Waals surface area contributed by atoms with E-state index in [2.05, 4.69) is 35.5 Å². The molecule has 2 aromatic heterocycles. The molecule has 22 heavy (non-hydrogen) atoms. The Balaban J connectivity index is 2.22. The zero-order valence-corrected chi connectivity index (χ0v) is 13.3. The van der Waals surface area contributed by atoms with Gasteiger partial charge in [0.2, 0.25) is 0 Å². The smallest absolute Gasteiger partial charge is 0.147 e. The van der Waals surface area contributed by atoms with Crippen molar-refractivity contribution in [2.24, 2.45) is 0 Å². The maximum Gasteiger partial charge on any atom is 0.147 e. The van der Waals surface area contributed by atoms with Crippen LogP contribution in [-0.4, -0.2) is 14.7 Å². The maximum atomic E-state index is 10.4. The predicted octanol–water partition coefficient (Wildman–Crippen LogP) is 4.38. The van der Waals surface area contributed by atoms with Crippen molar-refractivity contribution in [2.45, 2.75) is 26.3 Å².